The van der Waals surface area contributed by atoms with E-state index in [1.54, 1.807) is 0 Å². The van der Waals surface area contributed by atoms with Crippen molar-refractivity contribution in [3.8, 4) is 0 Å². The molecule has 0 radical (unpaired) electrons. The summed E-state index contributed by atoms with van der Waals surface area (Å²) < 4.78 is 0. The highest BCUT2D eigenvalue weighted by atomic mass is 16.4. The Balaban J connectivity index is 1.64. The van der Waals surface area contributed by atoms with E-state index in [-0.39, 0.29) is 11.9 Å². The number of likely N-dealkylation sites (tertiary alicyclic amines) is 1. The van der Waals surface area contributed by atoms with E-state index >= 15 is 0 Å². The van der Waals surface area contributed by atoms with E-state index in [1.807, 2.05) is 0 Å². The summed E-state index contributed by atoms with van der Waals surface area (Å²) in [5.41, 5.74) is 0. The summed E-state index contributed by atoms with van der Waals surface area (Å²) in [5, 5.41) is 14.4. The van der Waals surface area contributed by atoms with Gasteiger partial charge in [-0.15, -0.1) is 0 Å². The Kier molecular flexibility index (Phi) is 5.23. The molecule has 2 rings (SSSR count). The van der Waals surface area contributed by atoms with Gasteiger partial charge in [0.05, 0.1) is 0 Å². The number of amides is 2. The fourth-order valence-electron chi connectivity index (χ4n) is 2.74. The molecule has 1 heterocycles. The Labute approximate surface area is 119 Å². The molecule has 0 aromatic heterocycles. The van der Waals surface area contributed by atoms with Gasteiger partial charge in [-0.2, -0.15) is 0 Å². The third kappa shape index (κ3) is 4.67. The first kappa shape index (κ1) is 15.1. The largest absolute Gasteiger partial charge is 0.480 e. The van der Waals surface area contributed by atoms with Crippen molar-refractivity contribution in [2.45, 2.75) is 38.6 Å². The summed E-state index contributed by atoms with van der Waals surface area (Å²) in [6.07, 6.45) is 4.32. The van der Waals surface area contributed by atoms with Crippen molar-refractivity contribution in [2.75, 3.05) is 26.2 Å². The first-order valence-electron chi connectivity index (χ1n) is 7.56. The van der Waals surface area contributed by atoms with Gasteiger partial charge in [0.15, 0.2) is 0 Å². The van der Waals surface area contributed by atoms with Crippen molar-refractivity contribution in [1.82, 2.24) is 15.5 Å². The molecule has 114 valence electrons. The monoisotopic (exact) mass is 283 g/mol. The zero-order valence-electron chi connectivity index (χ0n) is 12.1. The van der Waals surface area contributed by atoms with Gasteiger partial charge in [-0.3, -0.25) is 0 Å². The first-order chi connectivity index (χ1) is 9.56. The number of carbonyl (C=O) groups excluding carboxylic acids is 1. The number of rotatable bonds is 7. The van der Waals surface area contributed by atoms with E-state index < -0.39 is 12.0 Å². The quantitative estimate of drug-likeness (QED) is 0.648. The second kappa shape index (κ2) is 6.92. The van der Waals surface area contributed by atoms with E-state index in [0.29, 0.717) is 12.5 Å². The van der Waals surface area contributed by atoms with E-state index in [9.17, 15) is 9.59 Å². The average molecular weight is 283 g/mol. The lowest BCUT2D eigenvalue weighted by Crippen LogP contribution is -2.48. The second-order valence-corrected chi connectivity index (χ2v) is 6.12. The number of nitrogens with one attached hydrogen (secondary N) is 2. The Morgan fingerprint density at radius 1 is 1.30 bits per heavy atom. The molecule has 2 fully saturated rings. The van der Waals surface area contributed by atoms with Gasteiger partial charge < -0.3 is 20.6 Å². The summed E-state index contributed by atoms with van der Waals surface area (Å²) in [6, 6.07) is -1.10. The summed E-state index contributed by atoms with van der Waals surface area (Å²) in [7, 11) is 0. The summed E-state index contributed by atoms with van der Waals surface area (Å²) in [5.74, 6) is -0.448. The Morgan fingerprint density at radius 3 is 2.50 bits per heavy atom. The maximum Gasteiger partial charge on any atom is 0.326 e. The molecule has 1 saturated carbocycles. The molecule has 2 unspecified atom stereocenters. The van der Waals surface area contributed by atoms with Gasteiger partial charge >= 0.3 is 12.0 Å². The number of carboxylic acid groups (broad SMARTS) is 1. The molecule has 6 heteroatoms. The van der Waals surface area contributed by atoms with Crippen LogP contribution in [0.1, 0.15) is 32.6 Å². The SMILES string of the molecule is CC(CNC(=O)NC(C(=O)O)C1CC1)CN1CCCC1. The van der Waals surface area contributed by atoms with Crippen LogP contribution in [0.2, 0.25) is 0 Å². The Hall–Kier alpha value is -1.30. The van der Waals surface area contributed by atoms with Gasteiger partial charge in [-0.1, -0.05) is 6.92 Å². The highest BCUT2D eigenvalue weighted by Crippen LogP contribution is 2.32. The number of carbonyl (C=O) groups is 2. The lowest BCUT2D eigenvalue weighted by Gasteiger charge is -2.21. The van der Waals surface area contributed by atoms with E-state index in [4.69, 9.17) is 5.11 Å². The molecule has 20 heavy (non-hydrogen) atoms. The fraction of sp³-hybridized carbons (Fsp3) is 0.857. The zero-order valence-corrected chi connectivity index (χ0v) is 12.1. The lowest BCUT2D eigenvalue weighted by molar-refractivity contribution is -0.139. The average Bonchev–Trinajstić information content (AvgIpc) is 3.11. The van der Waals surface area contributed by atoms with Crippen LogP contribution in [0.3, 0.4) is 0 Å². The normalized spacial score (nSPS) is 22.2. The Morgan fingerprint density at radius 2 is 1.95 bits per heavy atom. The molecule has 1 aliphatic heterocycles. The van der Waals surface area contributed by atoms with Crippen LogP contribution in [0.25, 0.3) is 0 Å². The third-order valence-corrected chi connectivity index (χ3v) is 4.03. The predicted molar refractivity (Wildman–Crippen MR) is 75.5 cm³/mol. The van der Waals surface area contributed by atoms with Gasteiger partial charge in [0.1, 0.15) is 6.04 Å². The van der Waals surface area contributed by atoms with Crippen LogP contribution < -0.4 is 10.6 Å². The fourth-order valence-corrected chi connectivity index (χ4v) is 2.74. The van der Waals surface area contributed by atoms with Crippen molar-refractivity contribution < 1.29 is 14.7 Å². The van der Waals surface area contributed by atoms with Crippen LogP contribution in [0.5, 0.6) is 0 Å². The number of carboxylic acids is 1. The van der Waals surface area contributed by atoms with Crippen LogP contribution in [0.15, 0.2) is 0 Å². The second-order valence-electron chi connectivity index (χ2n) is 6.12. The van der Waals surface area contributed by atoms with Gasteiger partial charge in [0, 0.05) is 13.1 Å². The molecule has 3 N–H and O–H groups in total. The lowest BCUT2D eigenvalue weighted by atomic mass is 10.1. The number of nitrogens with zero attached hydrogens (tertiary/aromatic N) is 1. The highest BCUT2D eigenvalue weighted by Gasteiger charge is 2.37. The van der Waals surface area contributed by atoms with Gasteiger partial charge in [0.25, 0.3) is 0 Å². The molecule has 6 nitrogen and oxygen atoms in total. The molecule has 2 aliphatic rings. The van der Waals surface area contributed by atoms with Crippen molar-refractivity contribution in [2.24, 2.45) is 11.8 Å². The van der Waals surface area contributed by atoms with Crippen LogP contribution >= 0.6 is 0 Å². The number of hydrogen-bond acceptors (Lipinski definition) is 3. The minimum atomic E-state index is -0.937. The molecule has 0 spiro atoms. The molecular formula is C14H25N3O3. The predicted octanol–water partition coefficient (Wildman–Crippen LogP) is 0.881. The molecule has 2 amide bonds. The zero-order chi connectivity index (χ0) is 14.5. The number of hydrogen-bond donors (Lipinski definition) is 3. The Bertz CT molecular complexity index is 352. The minimum Gasteiger partial charge on any atom is -0.480 e. The van der Waals surface area contributed by atoms with Gasteiger partial charge in [-0.25, -0.2) is 9.59 Å². The maximum atomic E-state index is 11.7. The topological polar surface area (TPSA) is 81.7 Å². The minimum absolute atomic E-state index is 0.111. The van der Waals surface area contributed by atoms with Crippen LogP contribution in [-0.4, -0.2) is 54.2 Å². The maximum absolute atomic E-state index is 11.7. The summed E-state index contributed by atoms with van der Waals surface area (Å²) >= 11 is 0. The smallest absolute Gasteiger partial charge is 0.326 e. The third-order valence-electron chi connectivity index (χ3n) is 4.03. The van der Waals surface area contributed by atoms with Gasteiger partial charge in [-0.05, 0) is 50.6 Å². The van der Waals surface area contributed by atoms with Crippen LogP contribution in [0.4, 0.5) is 4.79 Å². The van der Waals surface area contributed by atoms with Crippen molar-refractivity contribution >= 4 is 12.0 Å². The summed E-state index contributed by atoms with van der Waals surface area (Å²) in [4.78, 5) is 25.2. The van der Waals surface area contributed by atoms with Gasteiger partial charge in [0.2, 0.25) is 0 Å². The van der Waals surface area contributed by atoms with E-state index in [0.717, 1.165) is 32.5 Å². The molecule has 1 saturated heterocycles. The summed E-state index contributed by atoms with van der Waals surface area (Å²) in [6.45, 7) is 5.98. The van der Waals surface area contributed by atoms with E-state index in [2.05, 4.69) is 22.5 Å². The molecular weight excluding hydrogens is 258 g/mol. The molecule has 0 aromatic rings. The van der Waals surface area contributed by atoms with Crippen LogP contribution in [0, 0.1) is 11.8 Å². The standard InChI is InChI=1S/C14H25N3O3/c1-10(9-17-6-2-3-7-17)8-15-14(20)16-12(13(18)19)11-4-5-11/h10-12H,2-9H2,1H3,(H,18,19)(H2,15,16,20). The van der Waals surface area contributed by atoms with Crippen molar-refractivity contribution in [1.29, 1.82) is 0 Å². The molecule has 1 aliphatic carbocycles. The van der Waals surface area contributed by atoms with Crippen molar-refractivity contribution in [3.63, 3.8) is 0 Å². The van der Waals surface area contributed by atoms with Crippen molar-refractivity contribution in [3.05, 3.63) is 0 Å². The molecule has 0 bridgehead atoms. The molecule has 0 aromatic carbocycles. The highest BCUT2D eigenvalue weighted by molar-refractivity contribution is 5.83. The van der Waals surface area contributed by atoms with E-state index in [1.165, 1.54) is 12.8 Å². The number of urea groups is 1. The van der Waals surface area contributed by atoms with Crippen LogP contribution in [-0.2, 0) is 4.79 Å². The molecule has 2 atom stereocenters. The number of aliphatic carboxylic acids is 1. The first-order valence-corrected chi connectivity index (χ1v) is 7.56.